The van der Waals surface area contributed by atoms with Crippen LogP contribution in [0.1, 0.15) is 18.1 Å². The number of rotatable bonds is 1. The number of hydrogen-bond acceptors (Lipinski definition) is 4. The van der Waals surface area contributed by atoms with Gasteiger partial charge in [-0.25, -0.2) is 0 Å². The van der Waals surface area contributed by atoms with Gasteiger partial charge in [-0.15, -0.1) is 0 Å². The molecular formula is C16H10BrNO4. The fourth-order valence-corrected chi connectivity index (χ4v) is 3.18. The molecule has 22 heavy (non-hydrogen) atoms. The van der Waals surface area contributed by atoms with Crippen LogP contribution < -0.4 is 9.47 Å². The zero-order chi connectivity index (χ0) is 15.4. The molecule has 1 atom stereocenters. The average molecular weight is 360 g/mol. The first kappa shape index (κ1) is 13.3. The number of nitrogens with zero attached hydrogens (tertiary/aromatic N) is 1. The molecule has 0 N–H and O–H groups in total. The number of fused-ring (bicyclic) bond motifs is 1. The molecule has 0 aliphatic carbocycles. The molecule has 0 aromatic heterocycles. The van der Waals surface area contributed by atoms with Crippen LogP contribution in [0.5, 0.6) is 17.2 Å². The van der Waals surface area contributed by atoms with Crippen molar-refractivity contribution in [3.8, 4) is 17.2 Å². The van der Waals surface area contributed by atoms with Crippen molar-refractivity contribution in [1.29, 1.82) is 0 Å². The Hall–Kier alpha value is -2.34. The van der Waals surface area contributed by atoms with Crippen LogP contribution in [-0.4, -0.2) is 11.0 Å². The average Bonchev–Trinajstić information content (AvgIpc) is 2.68. The standard InChI is InChI=1S/C16H10BrNO4/c1-8-12-5-9-4-10(17)2-3-13(9)22-15-7-11(18(19)20)6-14(21-8)16(12)15/h2-8H,1H3/t8-/m0/s1. The molecule has 2 aliphatic heterocycles. The molecule has 0 amide bonds. The highest BCUT2D eigenvalue weighted by Crippen LogP contribution is 2.50. The Bertz CT molecular complexity index is 859. The Balaban J connectivity index is 2.00. The first-order chi connectivity index (χ1) is 10.5. The molecular weight excluding hydrogens is 350 g/mol. The summed E-state index contributed by atoms with van der Waals surface area (Å²) in [5.74, 6) is 1.62. The first-order valence-electron chi connectivity index (χ1n) is 6.71. The summed E-state index contributed by atoms with van der Waals surface area (Å²) in [6.07, 6.45) is 1.84. The topological polar surface area (TPSA) is 61.6 Å². The minimum absolute atomic E-state index is 0.0391. The molecule has 0 fully saturated rings. The number of halogens is 1. The minimum atomic E-state index is -0.441. The van der Waals surface area contributed by atoms with Crippen LogP contribution in [0.2, 0.25) is 0 Å². The quantitative estimate of drug-likeness (QED) is 0.542. The monoisotopic (exact) mass is 359 g/mol. The summed E-state index contributed by atoms with van der Waals surface area (Å²) in [5, 5.41) is 11.1. The van der Waals surface area contributed by atoms with Gasteiger partial charge in [0.25, 0.3) is 5.69 Å². The second-order valence-electron chi connectivity index (χ2n) is 5.22. The van der Waals surface area contributed by atoms with Crippen molar-refractivity contribution < 1.29 is 14.4 Å². The normalized spacial score (nSPS) is 17.5. The number of benzene rings is 2. The Morgan fingerprint density at radius 1 is 1.18 bits per heavy atom. The summed E-state index contributed by atoms with van der Waals surface area (Å²) >= 11 is 3.45. The van der Waals surface area contributed by atoms with E-state index >= 15 is 0 Å². The van der Waals surface area contributed by atoms with Crippen LogP contribution in [0.4, 0.5) is 5.69 Å². The zero-order valence-corrected chi connectivity index (χ0v) is 13.1. The third kappa shape index (κ3) is 1.91. The van der Waals surface area contributed by atoms with Crippen LogP contribution in [-0.2, 0) is 0 Å². The second-order valence-corrected chi connectivity index (χ2v) is 6.13. The van der Waals surface area contributed by atoms with Gasteiger partial charge in [0.05, 0.1) is 22.6 Å². The lowest BCUT2D eigenvalue weighted by Gasteiger charge is -2.10. The summed E-state index contributed by atoms with van der Waals surface area (Å²) in [4.78, 5) is 10.7. The molecule has 6 heteroatoms. The molecule has 5 nitrogen and oxygen atoms in total. The van der Waals surface area contributed by atoms with Crippen LogP contribution in [0.25, 0.3) is 11.6 Å². The Kier molecular flexibility index (Phi) is 2.77. The molecule has 110 valence electrons. The van der Waals surface area contributed by atoms with Crippen molar-refractivity contribution in [3.05, 3.63) is 56.0 Å². The summed E-state index contributed by atoms with van der Waals surface area (Å²) in [6, 6.07) is 8.57. The van der Waals surface area contributed by atoms with Gasteiger partial charge in [0.1, 0.15) is 23.4 Å². The number of nitro groups is 1. The van der Waals surface area contributed by atoms with E-state index in [-0.39, 0.29) is 11.8 Å². The maximum atomic E-state index is 11.1. The molecule has 0 unspecified atom stereocenters. The molecule has 4 rings (SSSR count). The molecule has 2 heterocycles. The van der Waals surface area contributed by atoms with Gasteiger partial charge >= 0.3 is 0 Å². The Morgan fingerprint density at radius 2 is 1.95 bits per heavy atom. The smallest absolute Gasteiger partial charge is 0.276 e. The second kappa shape index (κ2) is 4.58. The SMILES string of the molecule is C[C@@H]1Oc2cc([N+](=O)[O-])cc3c2C1=Cc1cc(Br)ccc1O3. The lowest BCUT2D eigenvalue weighted by Crippen LogP contribution is -2.05. The van der Waals surface area contributed by atoms with Gasteiger partial charge in [-0.2, -0.15) is 0 Å². The highest BCUT2D eigenvalue weighted by Gasteiger charge is 2.33. The largest absolute Gasteiger partial charge is 0.485 e. The summed E-state index contributed by atoms with van der Waals surface area (Å²) in [6.45, 7) is 1.92. The third-order valence-electron chi connectivity index (χ3n) is 3.79. The van der Waals surface area contributed by atoms with Crippen molar-refractivity contribution in [3.63, 3.8) is 0 Å². The Morgan fingerprint density at radius 3 is 2.73 bits per heavy atom. The van der Waals surface area contributed by atoms with Gasteiger partial charge in [-0.05, 0) is 31.2 Å². The highest BCUT2D eigenvalue weighted by molar-refractivity contribution is 9.10. The van der Waals surface area contributed by atoms with Crippen molar-refractivity contribution in [2.45, 2.75) is 13.0 Å². The molecule has 2 aliphatic rings. The lowest BCUT2D eigenvalue weighted by molar-refractivity contribution is -0.385. The van der Waals surface area contributed by atoms with E-state index in [1.54, 1.807) is 0 Å². The van der Waals surface area contributed by atoms with E-state index in [1.807, 2.05) is 31.2 Å². The number of hydrogen-bond donors (Lipinski definition) is 0. The van der Waals surface area contributed by atoms with E-state index in [0.29, 0.717) is 17.2 Å². The minimum Gasteiger partial charge on any atom is -0.485 e. The van der Waals surface area contributed by atoms with E-state index in [4.69, 9.17) is 9.47 Å². The zero-order valence-electron chi connectivity index (χ0n) is 11.5. The van der Waals surface area contributed by atoms with Crippen molar-refractivity contribution in [2.75, 3.05) is 0 Å². The maximum Gasteiger partial charge on any atom is 0.276 e. The number of non-ortho nitro benzene ring substituents is 1. The van der Waals surface area contributed by atoms with Crippen LogP contribution in [0.15, 0.2) is 34.8 Å². The summed E-state index contributed by atoms with van der Waals surface area (Å²) in [5.41, 5.74) is 2.64. The van der Waals surface area contributed by atoms with Crippen LogP contribution >= 0.6 is 15.9 Å². The van der Waals surface area contributed by atoms with Crippen LogP contribution in [0, 0.1) is 10.1 Å². The third-order valence-corrected chi connectivity index (χ3v) is 4.29. The molecule has 0 saturated carbocycles. The van der Waals surface area contributed by atoms with Gasteiger partial charge in [0.15, 0.2) is 0 Å². The lowest BCUT2D eigenvalue weighted by atomic mass is 10.00. The Labute approximate surface area is 134 Å². The van der Waals surface area contributed by atoms with E-state index in [1.165, 1.54) is 12.1 Å². The summed E-state index contributed by atoms with van der Waals surface area (Å²) in [7, 11) is 0. The fraction of sp³-hybridized carbons (Fsp3) is 0.125. The fourth-order valence-electron chi connectivity index (χ4n) is 2.80. The van der Waals surface area contributed by atoms with Gasteiger partial charge < -0.3 is 9.47 Å². The van der Waals surface area contributed by atoms with Crippen molar-refractivity contribution in [1.82, 2.24) is 0 Å². The van der Waals surface area contributed by atoms with E-state index < -0.39 is 4.92 Å². The van der Waals surface area contributed by atoms with Gasteiger partial charge in [0.2, 0.25) is 0 Å². The number of ether oxygens (including phenoxy) is 2. The molecule has 0 bridgehead atoms. The van der Waals surface area contributed by atoms with E-state index in [9.17, 15) is 10.1 Å². The van der Waals surface area contributed by atoms with Gasteiger partial charge in [-0.1, -0.05) is 15.9 Å². The number of nitro benzene ring substituents is 1. The van der Waals surface area contributed by atoms with E-state index in [2.05, 4.69) is 15.9 Å². The summed E-state index contributed by atoms with van der Waals surface area (Å²) < 4.78 is 12.6. The molecule has 0 radical (unpaired) electrons. The predicted molar refractivity (Wildman–Crippen MR) is 85.3 cm³/mol. The molecule has 2 aromatic carbocycles. The maximum absolute atomic E-state index is 11.1. The van der Waals surface area contributed by atoms with E-state index in [0.717, 1.165) is 21.2 Å². The first-order valence-corrected chi connectivity index (χ1v) is 7.50. The molecule has 2 aromatic rings. The highest BCUT2D eigenvalue weighted by atomic mass is 79.9. The molecule has 0 saturated heterocycles. The van der Waals surface area contributed by atoms with Crippen molar-refractivity contribution in [2.24, 2.45) is 0 Å². The van der Waals surface area contributed by atoms with Gasteiger partial charge in [0, 0.05) is 15.6 Å². The van der Waals surface area contributed by atoms with Crippen LogP contribution in [0.3, 0.4) is 0 Å². The van der Waals surface area contributed by atoms with Crippen molar-refractivity contribution >= 4 is 33.3 Å². The molecule has 0 spiro atoms. The van der Waals surface area contributed by atoms with Gasteiger partial charge in [-0.3, -0.25) is 10.1 Å². The predicted octanol–water partition coefficient (Wildman–Crippen LogP) is 4.78.